The second-order valence-corrected chi connectivity index (χ2v) is 22.2. The smallest absolute Gasteiger partial charge is 0.302 e. The highest BCUT2D eigenvalue weighted by Gasteiger charge is 2.63. The van der Waals surface area contributed by atoms with Crippen LogP contribution in [0.15, 0.2) is 0 Å². The number of aliphatic hydroxyl groups is 2. The Hall–Kier alpha value is -0.180. The fourth-order valence-electron chi connectivity index (χ4n) is 15.0. The molecular weight excluding hydrogens is 760 g/mol. The molecule has 8 saturated carbocycles. The van der Waals surface area contributed by atoms with Gasteiger partial charge in [0.1, 0.15) is 12.2 Å². The minimum atomic E-state index is -0.191. The molecule has 2 N–H and O–H groups in total. The standard InChI is InChI=1S/2C21H33BrO3/c2*1-12(23)25-14-6-8-20(2)13(10-14)4-5-15-16(20)7-9-21(3)17(15)11-18(22)19(21)24/h2*13-19,24H,4-11H2,1-3H3/t2*13-,14-,15+,16-,17-,18+,19-,20-,21-/m00/s1. The second-order valence-electron chi connectivity index (χ2n) is 19.8. The van der Waals surface area contributed by atoms with E-state index in [0.29, 0.717) is 34.5 Å². The summed E-state index contributed by atoms with van der Waals surface area (Å²) >= 11 is 7.52. The van der Waals surface area contributed by atoms with E-state index in [0.717, 1.165) is 75.0 Å². The van der Waals surface area contributed by atoms with Gasteiger partial charge in [0.05, 0.1) is 12.2 Å². The lowest BCUT2D eigenvalue weighted by atomic mass is 9.45. The second kappa shape index (κ2) is 13.8. The lowest BCUT2D eigenvalue weighted by Gasteiger charge is -2.60. The molecule has 8 rings (SSSR count). The molecule has 0 aromatic rings. The summed E-state index contributed by atoms with van der Waals surface area (Å²) in [7, 11) is 0. The van der Waals surface area contributed by atoms with Gasteiger partial charge in [-0.25, -0.2) is 0 Å². The van der Waals surface area contributed by atoms with Crippen LogP contribution in [0.4, 0.5) is 0 Å². The number of fused-ring (bicyclic) bond motifs is 10. The maximum absolute atomic E-state index is 11.4. The fourth-order valence-corrected chi connectivity index (χ4v) is 17.0. The molecule has 0 unspecified atom stereocenters. The first kappa shape index (κ1) is 38.1. The highest BCUT2D eigenvalue weighted by Crippen LogP contribution is 2.68. The third kappa shape index (κ3) is 6.22. The molecule has 0 amide bonds. The molecule has 8 aliphatic carbocycles. The molecule has 8 aliphatic rings. The third-order valence-corrected chi connectivity index (χ3v) is 19.5. The number of ether oxygens (including phenoxy) is 2. The summed E-state index contributed by atoms with van der Waals surface area (Å²) in [4.78, 5) is 23.2. The molecule has 6 nitrogen and oxygen atoms in total. The summed E-state index contributed by atoms with van der Waals surface area (Å²) in [5, 5.41) is 21.5. The fraction of sp³-hybridized carbons (Fsp3) is 0.952. The van der Waals surface area contributed by atoms with Gasteiger partial charge in [0.25, 0.3) is 0 Å². The van der Waals surface area contributed by atoms with E-state index in [1.165, 1.54) is 65.2 Å². The number of hydrogen-bond acceptors (Lipinski definition) is 6. The first-order valence-electron chi connectivity index (χ1n) is 20.5. The number of rotatable bonds is 2. The Kier molecular flexibility index (Phi) is 10.5. The van der Waals surface area contributed by atoms with Crippen LogP contribution in [0.3, 0.4) is 0 Å². The van der Waals surface area contributed by atoms with Gasteiger partial charge < -0.3 is 19.7 Å². The predicted octanol–water partition coefficient (Wildman–Crippen LogP) is 9.39. The average molecular weight is 827 g/mol. The predicted molar refractivity (Wildman–Crippen MR) is 203 cm³/mol. The summed E-state index contributed by atoms with van der Waals surface area (Å²) in [6.45, 7) is 12.8. The Bertz CT molecular complexity index is 1200. The van der Waals surface area contributed by atoms with Gasteiger partial charge in [-0.3, -0.25) is 9.59 Å². The Morgan fingerprint density at radius 2 is 0.880 bits per heavy atom. The molecule has 0 heterocycles. The topological polar surface area (TPSA) is 93.1 Å². The van der Waals surface area contributed by atoms with E-state index in [-0.39, 0.29) is 56.8 Å². The van der Waals surface area contributed by atoms with Crippen molar-refractivity contribution in [2.45, 2.75) is 178 Å². The number of halogens is 2. The van der Waals surface area contributed by atoms with Gasteiger partial charge >= 0.3 is 11.9 Å². The van der Waals surface area contributed by atoms with Crippen LogP contribution in [0.2, 0.25) is 0 Å². The first-order chi connectivity index (χ1) is 23.5. The minimum Gasteiger partial charge on any atom is -0.463 e. The van der Waals surface area contributed by atoms with Crippen molar-refractivity contribution in [2.75, 3.05) is 0 Å². The largest absolute Gasteiger partial charge is 0.463 e. The van der Waals surface area contributed by atoms with E-state index in [4.69, 9.17) is 9.47 Å². The first-order valence-corrected chi connectivity index (χ1v) is 22.3. The van der Waals surface area contributed by atoms with Crippen molar-refractivity contribution in [1.82, 2.24) is 0 Å². The van der Waals surface area contributed by atoms with Crippen LogP contribution in [0.5, 0.6) is 0 Å². The maximum Gasteiger partial charge on any atom is 0.302 e. The molecule has 0 spiro atoms. The van der Waals surface area contributed by atoms with E-state index in [9.17, 15) is 19.8 Å². The number of carbonyl (C=O) groups is 2. The van der Waals surface area contributed by atoms with Crippen LogP contribution >= 0.6 is 31.9 Å². The molecule has 0 aliphatic heterocycles. The molecule has 0 saturated heterocycles. The van der Waals surface area contributed by atoms with Gasteiger partial charge in [-0.2, -0.15) is 0 Å². The summed E-state index contributed by atoms with van der Waals surface area (Å²) in [6.07, 6.45) is 18.7. The zero-order valence-electron chi connectivity index (χ0n) is 31.7. The third-order valence-electron chi connectivity index (χ3n) is 17.8. The Morgan fingerprint density at radius 3 is 1.24 bits per heavy atom. The zero-order chi connectivity index (χ0) is 36.0. The molecule has 8 fully saturated rings. The van der Waals surface area contributed by atoms with Crippen LogP contribution in [0.1, 0.15) is 144 Å². The van der Waals surface area contributed by atoms with Gasteiger partial charge in [-0.1, -0.05) is 59.6 Å². The molecule has 0 aromatic heterocycles. The lowest BCUT2D eigenvalue weighted by molar-refractivity contribution is -0.161. The summed E-state index contributed by atoms with van der Waals surface area (Å²) < 4.78 is 11.1. The summed E-state index contributed by atoms with van der Waals surface area (Å²) in [5.74, 6) is 5.57. The molecule has 18 atom stereocenters. The van der Waals surface area contributed by atoms with Crippen molar-refractivity contribution >= 4 is 43.8 Å². The van der Waals surface area contributed by atoms with Crippen LogP contribution in [0.25, 0.3) is 0 Å². The number of esters is 2. The summed E-state index contributed by atoms with van der Waals surface area (Å²) in [5.41, 5.74) is 1.01. The van der Waals surface area contributed by atoms with E-state index >= 15 is 0 Å². The highest BCUT2D eigenvalue weighted by atomic mass is 79.9. The van der Waals surface area contributed by atoms with Crippen molar-refractivity contribution in [1.29, 1.82) is 0 Å². The molecule has 284 valence electrons. The molecule has 8 heteroatoms. The van der Waals surface area contributed by atoms with Crippen molar-refractivity contribution in [3.8, 4) is 0 Å². The minimum absolute atomic E-state index is 0.105. The highest BCUT2D eigenvalue weighted by molar-refractivity contribution is 9.09. The van der Waals surface area contributed by atoms with Gasteiger partial charge in [0.15, 0.2) is 0 Å². The molecule has 50 heavy (non-hydrogen) atoms. The molecule has 0 radical (unpaired) electrons. The quantitative estimate of drug-likeness (QED) is 0.213. The van der Waals surface area contributed by atoms with E-state index in [1.54, 1.807) is 0 Å². The molecule has 0 aromatic carbocycles. The van der Waals surface area contributed by atoms with E-state index in [1.807, 2.05) is 0 Å². The van der Waals surface area contributed by atoms with Gasteiger partial charge in [0.2, 0.25) is 0 Å². The van der Waals surface area contributed by atoms with E-state index in [2.05, 4.69) is 59.6 Å². The zero-order valence-corrected chi connectivity index (χ0v) is 34.9. The van der Waals surface area contributed by atoms with Gasteiger partial charge in [-0.15, -0.1) is 0 Å². The monoisotopic (exact) mass is 824 g/mol. The van der Waals surface area contributed by atoms with Crippen LogP contribution in [0, 0.1) is 69.0 Å². The SMILES string of the molecule is CC(=O)O[C@H]1CC[C@@]2(C)[C@@H](CC[C@@H]3[C@@H]2CC[C@]2(C)[C@@H](O)[C@H](Br)C[C@@H]32)C1.CC(=O)O[C@H]1CC[C@@]2(C)[C@@H](CC[C@@H]3[C@@H]2CC[C@]2(C)[C@@H](O)[C@H](Br)C[C@@H]32)C1. The molecular formula is C42H66Br2O6. The Morgan fingerprint density at radius 1 is 0.520 bits per heavy atom. The maximum atomic E-state index is 11.4. The average Bonchev–Trinajstić information content (AvgIpc) is 3.44. The number of alkyl halides is 2. The molecule has 0 bridgehead atoms. The van der Waals surface area contributed by atoms with Crippen molar-refractivity contribution in [2.24, 2.45) is 69.0 Å². The van der Waals surface area contributed by atoms with Crippen LogP contribution in [-0.4, -0.2) is 56.2 Å². The van der Waals surface area contributed by atoms with Crippen molar-refractivity contribution in [3.63, 3.8) is 0 Å². The summed E-state index contributed by atoms with van der Waals surface area (Å²) in [6, 6.07) is 0. The van der Waals surface area contributed by atoms with Crippen molar-refractivity contribution < 1.29 is 29.3 Å². The van der Waals surface area contributed by atoms with Crippen LogP contribution in [-0.2, 0) is 19.1 Å². The Labute approximate surface area is 319 Å². The number of carbonyl (C=O) groups excluding carboxylic acids is 2. The van der Waals surface area contributed by atoms with Crippen molar-refractivity contribution in [3.05, 3.63) is 0 Å². The lowest BCUT2D eigenvalue weighted by Crippen LogP contribution is -2.54. The van der Waals surface area contributed by atoms with E-state index < -0.39 is 0 Å². The van der Waals surface area contributed by atoms with Gasteiger partial charge in [0, 0.05) is 23.5 Å². The Balaban J connectivity index is 0.000000157. The normalized spacial score (nSPS) is 55.0. The number of hydrogen-bond donors (Lipinski definition) is 2. The number of aliphatic hydroxyl groups excluding tert-OH is 2. The van der Waals surface area contributed by atoms with Gasteiger partial charge in [-0.05, 0) is 172 Å². The van der Waals surface area contributed by atoms with Crippen LogP contribution < -0.4 is 0 Å².